The average molecular weight is 431 g/mol. The molecule has 0 bridgehead atoms. The monoisotopic (exact) mass is 430 g/mol. The minimum Gasteiger partial charge on any atom is -0.325 e. The van der Waals surface area contributed by atoms with Gasteiger partial charge in [-0.15, -0.1) is 11.3 Å². The molecule has 0 aliphatic carbocycles. The molecule has 158 valence electrons. The number of rotatable bonds is 7. The molecule has 1 amide bonds. The van der Waals surface area contributed by atoms with Crippen LogP contribution in [0, 0.1) is 13.8 Å². The van der Waals surface area contributed by atoms with Crippen molar-refractivity contribution < 1.29 is 4.79 Å². The first kappa shape index (κ1) is 21.0. The molecule has 0 saturated carbocycles. The van der Waals surface area contributed by atoms with Crippen molar-refractivity contribution in [2.24, 2.45) is 0 Å². The first-order valence-corrected chi connectivity index (χ1v) is 11.3. The molecular weight excluding hydrogens is 404 g/mol. The summed E-state index contributed by atoms with van der Waals surface area (Å²) < 4.78 is 1.89. The maximum absolute atomic E-state index is 12.6. The third-order valence-corrected chi connectivity index (χ3v) is 6.26. The van der Waals surface area contributed by atoms with E-state index in [1.54, 1.807) is 0 Å². The molecule has 31 heavy (non-hydrogen) atoms. The number of anilines is 1. The van der Waals surface area contributed by atoms with Gasteiger partial charge < -0.3 is 5.32 Å². The summed E-state index contributed by atoms with van der Waals surface area (Å²) in [6.45, 7) is 6.20. The topological polar surface area (TPSA) is 59.8 Å². The fourth-order valence-corrected chi connectivity index (χ4v) is 4.53. The molecule has 2 aromatic carbocycles. The lowest BCUT2D eigenvalue weighted by Gasteiger charge is -2.08. The third kappa shape index (κ3) is 4.75. The molecule has 2 heterocycles. The summed E-state index contributed by atoms with van der Waals surface area (Å²) in [5, 5.41) is 10.5. The van der Waals surface area contributed by atoms with Gasteiger partial charge >= 0.3 is 0 Å². The lowest BCUT2D eigenvalue weighted by atomic mass is 10.0. The maximum Gasteiger partial charge on any atom is 0.230 e. The van der Waals surface area contributed by atoms with Gasteiger partial charge in [0, 0.05) is 28.7 Å². The first-order chi connectivity index (χ1) is 15.0. The number of benzene rings is 2. The summed E-state index contributed by atoms with van der Waals surface area (Å²) in [6.07, 6.45) is 1.96. The average Bonchev–Trinajstić information content (AvgIpc) is 3.34. The molecule has 2 aromatic heterocycles. The Hall–Kier alpha value is -3.25. The number of thiazole rings is 1. The SMILES string of the molecule is CCc1ccccc1NC(=O)Cc1csc(-n2nc(C)c(Cc3ccccc3)c2C)n1. The van der Waals surface area contributed by atoms with Crippen LogP contribution in [0.2, 0.25) is 0 Å². The standard InChI is InChI=1S/C25H26N4OS/c1-4-20-12-8-9-13-23(20)27-24(30)15-21-16-31-25(26-21)29-18(3)22(17(2)28-29)14-19-10-6-5-7-11-19/h5-13,16H,4,14-15H2,1-3H3,(H,27,30). The summed E-state index contributed by atoms with van der Waals surface area (Å²) in [4.78, 5) is 17.2. The second-order valence-electron chi connectivity index (χ2n) is 7.58. The summed E-state index contributed by atoms with van der Waals surface area (Å²) in [5.41, 5.74) is 7.33. The second kappa shape index (κ2) is 9.27. The Bertz CT molecular complexity index is 1190. The van der Waals surface area contributed by atoms with Gasteiger partial charge in [-0.25, -0.2) is 9.67 Å². The van der Waals surface area contributed by atoms with E-state index in [0.717, 1.165) is 46.3 Å². The quantitative estimate of drug-likeness (QED) is 0.434. The zero-order chi connectivity index (χ0) is 21.8. The fourth-order valence-electron chi connectivity index (χ4n) is 3.70. The molecular formula is C25H26N4OS. The van der Waals surface area contributed by atoms with Gasteiger partial charge in [0.2, 0.25) is 11.0 Å². The fraction of sp³-hybridized carbons (Fsp3) is 0.240. The van der Waals surface area contributed by atoms with E-state index in [1.165, 1.54) is 22.5 Å². The van der Waals surface area contributed by atoms with Gasteiger partial charge in [-0.3, -0.25) is 4.79 Å². The van der Waals surface area contributed by atoms with Crippen molar-refractivity contribution in [2.45, 2.75) is 40.0 Å². The normalized spacial score (nSPS) is 10.9. The van der Waals surface area contributed by atoms with Crippen LogP contribution in [0.1, 0.15) is 40.7 Å². The smallest absolute Gasteiger partial charge is 0.230 e. The molecule has 0 fully saturated rings. The van der Waals surface area contributed by atoms with Crippen molar-refractivity contribution in [3.05, 3.63) is 93.7 Å². The molecule has 1 N–H and O–H groups in total. The van der Waals surface area contributed by atoms with E-state index < -0.39 is 0 Å². The molecule has 0 atom stereocenters. The highest BCUT2D eigenvalue weighted by Crippen LogP contribution is 2.23. The molecule has 0 radical (unpaired) electrons. The molecule has 0 unspecified atom stereocenters. The highest BCUT2D eigenvalue weighted by Gasteiger charge is 2.16. The van der Waals surface area contributed by atoms with Crippen molar-refractivity contribution in [1.29, 1.82) is 0 Å². The van der Waals surface area contributed by atoms with Gasteiger partial charge in [0.05, 0.1) is 17.8 Å². The van der Waals surface area contributed by atoms with Crippen molar-refractivity contribution >= 4 is 22.9 Å². The Balaban J connectivity index is 1.49. The van der Waals surface area contributed by atoms with Gasteiger partial charge in [-0.1, -0.05) is 55.5 Å². The van der Waals surface area contributed by atoms with Crippen molar-refractivity contribution in [1.82, 2.24) is 14.8 Å². The summed E-state index contributed by atoms with van der Waals surface area (Å²) in [7, 11) is 0. The lowest BCUT2D eigenvalue weighted by molar-refractivity contribution is -0.115. The molecule has 0 aliphatic rings. The Labute approximate surface area is 186 Å². The molecule has 0 aliphatic heterocycles. The van der Waals surface area contributed by atoms with E-state index in [-0.39, 0.29) is 12.3 Å². The molecule has 4 aromatic rings. The van der Waals surface area contributed by atoms with Crippen molar-refractivity contribution in [3.8, 4) is 5.13 Å². The van der Waals surface area contributed by atoms with E-state index in [9.17, 15) is 4.79 Å². The van der Waals surface area contributed by atoms with Crippen LogP contribution >= 0.6 is 11.3 Å². The van der Waals surface area contributed by atoms with Gasteiger partial charge in [-0.05, 0) is 37.5 Å². The Morgan fingerprint density at radius 2 is 1.81 bits per heavy atom. The number of nitrogens with one attached hydrogen (secondary N) is 1. The van der Waals surface area contributed by atoms with Gasteiger partial charge in [0.15, 0.2) is 0 Å². The van der Waals surface area contributed by atoms with Crippen LogP contribution in [0.25, 0.3) is 5.13 Å². The van der Waals surface area contributed by atoms with Crippen LogP contribution < -0.4 is 5.32 Å². The minimum atomic E-state index is -0.0594. The van der Waals surface area contributed by atoms with E-state index in [1.807, 2.05) is 47.3 Å². The van der Waals surface area contributed by atoms with E-state index in [0.29, 0.717) is 0 Å². The summed E-state index contributed by atoms with van der Waals surface area (Å²) in [6, 6.07) is 18.3. The largest absolute Gasteiger partial charge is 0.325 e. The highest BCUT2D eigenvalue weighted by molar-refractivity contribution is 7.12. The lowest BCUT2D eigenvalue weighted by Crippen LogP contribution is -2.15. The maximum atomic E-state index is 12.6. The molecule has 5 nitrogen and oxygen atoms in total. The summed E-state index contributed by atoms with van der Waals surface area (Å²) >= 11 is 1.51. The Morgan fingerprint density at radius 3 is 2.58 bits per heavy atom. The van der Waals surface area contributed by atoms with E-state index in [2.05, 4.69) is 48.4 Å². The van der Waals surface area contributed by atoms with Crippen molar-refractivity contribution in [3.63, 3.8) is 0 Å². The number of carbonyl (C=O) groups is 1. The number of nitrogens with zero attached hydrogens (tertiary/aromatic N) is 3. The number of hydrogen-bond acceptors (Lipinski definition) is 4. The van der Waals surface area contributed by atoms with Crippen LogP contribution in [-0.4, -0.2) is 20.7 Å². The Kier molecular flexibility index (Phi) is 6.28. The Morgan fingerprint density at radius 1 is 1.06 bits per heavy atom. The number of aromatic nitrogens is 3. The molecule has 0 saturated heterocycles. The first-order valence-electron chi connectivity index (χ1n) is 10.5. The second-order valence-corrected chi connectivity index (χ2v) is 8.42. The van der Waals surface area contributed by atoms with Crippen LogP contribution in [0.4, 0.5) is 5.69 Å². The zero-order valence-electron chi connectivity index (χ0n) is 18.1. The number of carbonyl (C=O) groups excluding carboxylic acids is 1. The number of para-hydroxylation sites is 1. The van der Waals surface area contributed by atoms with Crippen molar-refractivity contribution in [2.75, 3.05) is 5.32 Å². The molecule has 0 spiro atoms. The molecule has 4 rings (SSSR count). The predicted octanol–water partition coefficient (Wildman–Crippen LogP) is 5.28. The third-order valence-electron chi connectivity index (χ3n) is 5.40. The number of amides is 1. The van der Waals surface area contributed by atoms with Gasteiger partial charge in [0.25, 0.3) is 0 Å². The van der Waals surface area contributed by atoms with Crippen LogP contribution in [0.15, 0.2) is 60.0 Å². The van der Waals surface area contributed by atoms with E-state index >= 15 is 0 Å². The molecule has 6 heteroatoms. The van der Waals surface area contributed by atoms with Crippen LogP contribution in [0.5, 0.6) is 0 Å². The van der Waals surface area contributed by atoms with Crippen LogP contribution in [-0.2, 0) is 24.1 Å². The summed E-state index contributed by atoms with van der Waals surface area (Å²) in [5.74, 6) is -0.0594. The van der Waals surface area contributed by atoms with Gasteiger partial charge in [0.1, 0.15) is 0 Å². The zero-order valence-corrected chi connectivity index (χ0v) is 18.9. The number of aryl methyl sites for hydroxylation is 2. The predicted molar refractivity (Wildman–Crippen MR) is 126 cm³/mol. The number of hydrogen-bond donors (Lipinski definition) is 1. The van der Waals surface area contributed by atoms with Gasteiger partial charge in [-0.2, -0.15) is 5.10 Å². The van der Waals surface area contributed by atoms with Crippen LogP contribution in [0.3, 0.4) is 0 Å². The highest BCUT2D eigenvalue weighted by atomic mass is 32.1. The van der Waals surface area contributed by atoms with E-state index in [4.69, 9.17) is 5.10 Å². The minimum absolute atomic E-state index is 0.0594.